The molecule has 0 unspecified atom stereocenters. The Kier molecular flexibility index (Phi) is 3.94. The molecule has 0 aliphatic rings. The molecular formula is C13H16N2O3. The van der Waals surface area contributed by atoms with E-state index in [1.165, 1.54) is 0 Å². The van der Waals surface area contributed by atoms with Crippen LogP contribution in [-0.4, -0.2) is 34.6 Å². The summed E-state index contributed by atoms with van der Waals surface area (Å²) in [4.78, 5) is 10.7. The van der Waals surface area contributed by atoms with Crippen molar-refractivity contribution in [1.29, 1.82) is 0 Å². The summed E-state index contributed by atoms with van der Waals surface area (Å²) in [5.74, 6) is -0.793. The van der Waals surface area contributed by atoms with Gasteiger partial charge in [0.05, 0.1) is 25.1 Å². The highest BCUT2D eigenvalue weighted by molar-refractivity contribution is 5.82. The van der Waals surface area contributed by atoms with Crippen molar-refractivity contribution >= 4 is 16.9 Å². The first kappa shape index (κ1) is 12.6. The molecule has 0 aliphatic heterocycles. The largest absolute Gasteiger partial charge is 0.481 e. The van der Waals surface area contributed by atoms with Gasteiger partial charge in [0.15, 0.2) is 0 Å². The smallest absolute Gasteiger partial charge is 0.303 e. The van der Waals surface area contributed by atoms with Gasteiger partial charge in [-0.25, -0.2) is 0 Å². The van der Waals surface area contributed by atoms with E-state index in [1.54, 1.807) is 7.11 Å². The number of hydrogen-bond donors (Lipinski definition) is 1. The van der Waals surface area contributed by atoms with Crippen molar-refractivity contribution < 1.29 is 14.6 Å². The fraction of sp³-hybridized carbons (Fsp3) is 0.385. The van der Waals surface area contributed by atoms with Gasteiger partial charge in [-0.15, -0.1) is 0 Å². The summed E-state index contributed by atoms with van der Waals surface area (Å²) < 4.78 is 6.89. The second kappa shape index (κ2) is 5.64. The van der Waals surface area contributed by atoms with Gasteiger partial charge in [-0.2, -0.15) is 5.10 Å². The number of rotatable bonds is 6. The third-order valence-electron chi connectivity index (χ3n) is 2.84. The Morgan fingerprint density at radius 2 is 2.22 bits per heavy atom. The molecule has 0 radical (unpaired) electrons. The van der Waals surface area contributed by atoms with Gasteiger partial charge in [-0.3, -0.25) is 9.48 Å². The number of carboxylic acids is 1. The molecule has 1 N–H and O–H groups in total. The summed E-state index contributed by atoms with van der Waals surface area (Å²) in [5.41, 5.74) is 1.86. The van der Waals surface area contributed by atoms with Gasteiger partial charge >= 0.3 is 5.97 Å². The average molecular weight is 248 g/mol. The molecule has 1 aromatic heterocycles. The second-order valence-corrected chi connectivity index (χ2v) is 4.07. The fourth-order valence-corrected chi connectivity index (χ4v) is 1.99. The van der Waals surface area contributed by atoms with E-state index < -0.39 is 5.97 Å². The lowest BCUT2D eigenvalue weighted by Gasteiger charge is -2.06. The highest BCUT2D eigenvalue weighted by atomic mass is 16.5. The van der Waals surface area contributed by atoms with Crippen LogP contribution in [0.1, 0.15) is 12.1 Å². The van der Waals surface area contributed by atoms with E-state index in [-0.39, 0.29) is 6.42 Å². The van der Waals surface area contributed by atoms with Gasteiger partial charge in [-0.05, 0) is 6.07 Å². The summed E-state index contributed by atoms with van der Waals surface area (Å²) in [5, 5.41) is 14.3. The number of aromatic nitrogens is 2. The summed E-state index contributed by atoms with van der Waals surface area (Å²) in [6, 6.07) is 7.78. The lowest BCUT2D eigenvalue weighted by Crippen LogP contribution is -2.10. The molecule has 18 heavy (non-hydrogen) atoms. The first-order chi connectivity index (χ1) is 8.72. The van der Waals surface area contributed by atoms with Crippen molar-refractivity contribution in [3.05, 3.63) is 30.0 Å². The van der Waals surface area contributed by atoms with Crippen LogP contribution in [0.3, 0.4) is 0 Å². The van der Waals surface area contributed by atoms with Gasteiger partial charge < -0.3 is 9.84 Å². The number of hydrogen-bond acceptors (Lipinski definition) is 3. The Bertz CT molecular complexity index is 548. The summed E-state index contributed by atoms with van der Waals surface area (Å²) in [6.07, 6.45) is 0.599. The summed E-state index contributed by atoms with van der Waals surface area (Å²) in [6.45, 7) is 1.20. The predicted octanol–water partition coefficient (Wildman–Crippen LogP) is 1.70. The standard InChI is InChI=1S/C13H16N2O3/c1-18-9-8-15-12(6-7-13(16)17)10-4-2-3-5-11(10)14-15/h2-5H,6-9H2,1H3,(H,16,17). The Balaban J connectivity index is 2.34. The zero-order valence-electron chi connectivity index (χ0n) is 10.3. The topological polar surface area (TPSA) is 64.4 Å². The summed E-state index contributed by atoms with van der Waals surface area (Å²) in [7, 11) is 1.64. The predicted molar refractivity (Wildman–Crippen MR) is 67.6 cm³/mol. The maximum absolute atomic E-state index is 10.7. The van der Waals surface area contributed by atoms with E-state index in [2.05, 4.69) is 5.10 Å². The monoisotopic (exact) mass is 248 g/mol. The van der Waals surface area contributed by atoms with Crippen molar-refractivity contribution in [2.24, 2.45) is 0 Å². The van der Waals surface area contributed by atoms with E-state index in [9.17, 15) is 4.79 Å². The van der Waals surface area contributed by atoms with Crippen LogP contribution < -0.4 is 0 Å². The molecule has 0 amide bonds. The molecule has 5 heteroatoms. The van der Waals surface area contributed by atoms with E-state index in [0.29, 0.717) is 19.6 Å². The number of aliphatic carboxylic acids is 1. The minimum absolute atomic E-state index is 0.114. The van der Waals surface area contributed by atoms with Crippen LogP contribution >= 0.6 is 0 Å². The molecule has 0 bridgehead atoms. The maximum atomic E-state index is 10.7. The van der Waals surface area contributed by atoms with Crippen LogP contribution in [0.2, 0.25) is 0 Å². The molecule has 96 valence electrons. The number of benzene rings is 1. The maximum Gasteiger partial charge on any atom is 0.303 e. The molecule has 0 fully saturated rings. The van der Waals surface area contributed by atoms with Crippen LogP contribution in [0.4, 0.5) is 0 Å². The normalized spacial score (nSPS) is 10.9. The number of fused-ring (bicyclic) bond motifs is 1. The molecule has 0 atom stereocenters. The Hall–Kier alpha value is -1.88. The third kappa shape index (κ3) is 2.68. The Morgan fingerprint density at radius 1 is 1.44 bits per heavy atom. The van der Waals surface area contributed by atoms with Gasteiger partial charge in [0.1, 0.15) is 0 Å². The SMILES string of the molecule is COCCn1nc2ccccc2c1CCC(=O)O. The van der Waals surface area contributed by atoms with Crippen molar-refractivity contribution in [2.45, 2.75) is 19.4 Å². The van der Waals surface area contributed by atoms with Gasteiger partial charge in [0.2, 0.25) is 0 Å². The van der Waals surface area contributed by atoms with Crippen molar-refractivity contribution in [2.75, 3.05) is 13.7 Å². The molecule has 2 rings (SSSR count). The lowest BCUT2D eigenvalue weighted by atomic mass is 10.1. The van der Waals surface area contributed by atoms with Gasteiger partial charge in [-0.1, -0.05) is 18.2 Å². The zero-order chi connectivity index (χ0) is 13.0. The number of nitrogens with zero attached hydrogens (tertiary/aromatic N) is 2. The highest BCUT2D eigenvalue weighted by Gasteiger charge is 2.11. The van der Waals surface area contributed by atoms with Crippen LogP contribution in [0.15, 0.2) is 24.3 Å². The fourth-order valence-electron chi connectivity index (χ4n) is 1.99. The summed E-state index contributed by atoms with van der Waals surface area (Å²) >= 11 is 0. The van der Waals surface area contributed by atoms with Crippen molar-refractivity contribution in [3.8, 4) is 0 Å². The Labute approximate surface area is 105 Å². The molecule has 5 nitrogen and oxygen atoms in total. The van der Waals surface area contributed by atoms with E-state index >= 15 is 0 Å². The van der Waals surface area contributed by atoms with Gasteiger partial charge in [0, 0.05) is 24.6 Å². The average Bonchev–Trinajstić information content (AvgIpc) is 2.71. The lowest BCUT2D eigenvalue weighted by molar-refractivity contribution is -0.136. The van der Waals surface area contributed by atoms with E-state index in [4.69, 9.17) is 9.84 Å². The first-order valence-corrected chi connectivity index (χ1v) is 5.87. The number of aryl methyl sites for hydroxylation is 1. The number of carbonyl (C=O) groups is 1. The minimum atomic E-state index is -0.793. The van der Waals surface area contributed by atoms with Crippen molar-refractivity contribution in [3.63, 3.8) is 0 Å². The molecule has 0 aliphatic carbocycles. The van der Waals surface area contributed by atoms with Crippen LogP contribution in [-0.2, 0) is 22.5 Å². The molecule has 0 saturated heterocycles. The quantitative estimate of drug-likeness (QED) is 0.845. The highest BCUT2D eigenvalue weighted by Crippen LogP contribution is 2.19. The second-order valence-electron chi connectivity index (χ2n) is 4.07. The van der Waals surface area contributed by atoms with Crippen LogP contribution in [0.25, 0.3) is 10.9 Å². The van der Waals surface area contributed by atoms with E-state index in [1.807, 2.05) is 28.9 Å². The first-order valence-electron chi connectivity index (χ1n) is 5.87. The van der Waals surface area contributed by atoms with Crippen LogP contribution in [0, 0.1) is 0 Å². The number of carboxylic acid groups (broad SMARTS) is 1. The Morgan fingerprint density at radius 3 is 2.94 bits per heavy atom. The van der Waals surface area contributed by atoms with E-state index in [0.717, 1.165) is 16.6 Å². The molecule has 1 aromatic carbocycles. The molecule has 1 heterocycles. The molecule has 0 saturated carbocycles. The molecule has 0 spiro atoms. The van der Waals surface area contributed by atoms with Crippen molar-refractivity contribution in [1.82, 2.24) is 9.78 Å². The number of ether oxygens (including phenoxy) is 1. The van der Waals surface area contributed by atoms with Gasteiger partial charge in [0.25, 0.3) is 0 Å². The third-order valence-corrected chi connectivity index (χ3v) is 2.84. The molecular weight excluding hydrogens is 232 g/mol. The number of methoxy groups -OCH3 is 1. The minimum Gasteiger partial charge on any atom is -0.481 e. The van der Waals surface area contributed by atoms with Crippen LogP contribution in [0.5, 0.6) is 0 Å². The zero-order valence-corrected chi connectivity index (χ0v) is 10.3. The molecule has 2 aromatic rings.